The summed E-state index contributed by atoms with van der Waals surface area (Å²) in [5.74, 6) is 2.34. The molecule has 0 unspecified atom stereocenters. The van der Waals surface area contributed by atoms with E-state index in [9.17, 15) is 4.79 Å². The molecule has 2 rings (SSSR count). The first-order valence-corrected chi connectivity index (χ1v) is 6.28. The molecule has 0 bridgehead atoms. The van der Waals surface area contributed by atoms with Crippen molar-refractivity contribution in [1.82, 2.24) is 9.78 Å². The van der Waals surface area contributed by atoms with Gasteiger partial charge in [-0.2, -0.15) is 5.10 Å². The molecule has 0 aliphatic rings. The fourth-order valence-corrected chi connectivity index (χ4v) is 1.82. The molecule has 0 aliphatic carbocycles. The third-order valence-corrected chi connectivity index (χ3v) is 3.06. The van der Waals surface area contributed by atoms with Crippen LogP contribution in [0.25, 0.3) is 0 Å². The average molecular weight is 289 g/mol. The zero-order chi connectivity index (χ0) is 14.5. The first-order chi connectivity index (χ1) is 9.65. The molecular formula is C14H13ClN4O. The molecule has 6 heteroatoms. The van der Waals surface area contributed by atoms with Crippen molar-refractivity contribution in [3.8, 4) is 12.3 Å². The number of nitrogens with zero attached hydrogens (tertiary/aromatic N) is 2. The summed E-state index contributed by atoms with van der Waals surface area (Å²) in [4.78, 5) is 11.9. The Bertz CT molecular complexity index is 701. The molecule has 1 heterocycles. The van der Waals surface area contributed by atoms with Gasteiger partial charge in [0, 0.05) is 12.2 Å². The second kappa shape index (κ2) is 6.24. The molecule has 0 spiro atoms. The minimum absolute atomic E-state index is 0.0538. The number of rotatable bonds is 4. The average Bonchev–Trinajstić information content (AvgIpc) is 2.48. The van der Waals surface area contributed by atoms with E-state index in [4.69, 9.17) is 23.8 Å². The van der Waals surface area contributed by atoms with Gasteiger partial charge in [0.05, 0.1) is 11.9 Å². The number of halogens is 1. The number of benzene rings is 1. The Morgan fingerprint density at radius 3 is 2.70 bits per heavy atom. The molecule has 1 aromatic heterocycles. The van der Waals surface area contributed by atoms with Crippen LogP contribution < -0.4 is 16.6 Å². The summed E-state index contributed by atoms with van der Waals surface area (Å²) in [6, 6.07) is 7.49. The molecular weight excluding hydrogens is 276 g/mol. The maximum absolute atomic E-state index is 11.9. The number of terminal acetylenes is 1. The van der Waals surface area contributed by atoms with Gasteiger partial charge < -0.3 is 11.1 Å². The van der Waals surface area contributed by atoms with Gasteiger partial charge in [-0.15, -0.1) is 6.42 Å². The SMILES string of the molecule is C#CCn1ncc(Nc2ccc(CN)cc2)c(Cl)c1=O. The van der Waals surface area contributed by atoms with Gasteiger partial charge in [-0.25, -0.2) is 4.68 Å². The lowest BCUT2D eigenvalue weighted by Crippen LogP contribution is -2.23. The van der Waals surface area contributed by atoms with E-state index in [1.807, 2.05) is 24.3 Å². The Morgan fingerprint density at radius 2 is 2.10 bits per heavy atom. The van der Waals surface area contributed by atoms with Crippen LogP contribution >= 0.6 is 11.6 Å². The van der Waals surface area contributed by atoms with Gasteiger partial charge in [0.1, 0.15) is 11.6 Å². The van der Waals surface area contributed by atoms with E-state index >= 15 is 0 Å². The Kier molecular flexibility index (Phi) is 4.41. The molecule has 20 heavy (non-hydrogen) atoms. The number of aromatic nitrogens is 2. The highest BCUT2D eigenvalue weighted by Crippen LogP contribution is 2.21. The molecule has 0 aliphatic heterocycles. The van der Waals surface area contributed by atoms with Gasteiger partial charge in [-0.3, -0.25) is 4.79 Å². The normalized spacial score (nSPS) is 10.1. The van der Waals surface area contributed by atoms with E-state index in [0.717, 1.165) is 15.9 Å². The van der Waals surface area contributed by atoms with Crippen LogP contribution in [0.3, 0.4) is 0 Å². The van der Waals surface area contributed by atoms with Crippen LogP contribution in [-0.2, 0) is 13.1 Å². The Balaban J connectivity index is 2.27. The van der Waals surface area contributed by atoms with E-state index in [2.05, 4.69) is 16.3 Å². The van der Waals surface area contributed by atoms with E-state index in [1.54, 1.807) is 0 Å². The lowest BCUT2D eigenvalue weighted by molar-refractivity contribution is 0.664. The second-order valence-electron chi connectivity index (χ2n) is 4.07. The zero-order valence-corrected chi connectivity index (χ0v) is 11.4. The molecule has 0 amide bonds. The van der Waals surface area contributed by atoms with E-state index < -0.39 is 5.56 Å². The Labute approximate surface area is 121 Å². The quantitative estimate of drug-likeness (QED) is 0.841. The van der Waals surface area contributed by atoms with Crippen molar-refractivity contribution in [2.75, 3.05) is 5.32 Å². The Hall–Kier alpha value is -2.29. The van der Waals surface area contributed by atoms with Crippen molar-refractivity contribution in [2.45, 2.75) is 13.1 Å². The maximum Gasteiger partial charge on any atom is 0.288 e. The topological polar surface area (TPSA) is 72.9 Å². The van der Waals surface area contributed by atoms with Crippen LogP contribution in [0.5, 0.6) is 0 Å². The predicted molar refractivity (Wildman–Crippen MR) is 80.0 cm³/mol. The summed E-state index contributed by atoms with van der Waals surface area (Å²) in [7, 11) is 0. The van der Waals surface area contributed by atoms with Gasteiger partial charge in [0.15, 0.2) is 0 Å². The fraction of sp³-hybridized carbons (Fsp3) is 0.143. The minimum Gasteiger partial charge on any atom is -0.353 e. The minimum atomic E-state index is -0.423. The number of anilines is 2. The molecule has 1 aromatic carbocycles. The van der Waals surface area contributed by atoms with E-state index in [-0.39, 0.29) is 11.6 Å². The van der Waals surface area contributed by atoms with Gasteiger partial charge in [-0.1, -0.05) is 29.7 Å². The number of hydrogen-bond acceptors (Lipinski definition) is 4. The highest BCUT2D eigenvalue weighted by molar-refractivity contribution is 6.33. The van der Waals surface area contributed by atoms with E-state index in [1.165, 1.54) is 6.20 Å². The smallest absolute Gasteiger partial charge is 0.288 e. The van der Waals surface area contributed by atoms with Crippen molar-refractivity contribution in [1.29, 1.82) is 0 Å². The van der Waals surface area contributed by atoms with Crippen molar-refractivity contribution in [3.63, 3.8) is 0 Å². The van der Waals surface area contributed by atoms with Crippen LogP contribution in [0, 0.1) is 12.3 Å². The molecule has 2 aromatic rings. The van der Waals surface area contributed by atoms with Crippen LogP contribution in [-0.4, -0.2) is 9.78 Å². The fourth-order valence-electron chi connectivity index (χ4n) is 1.63. The molecule has 5 nitrogen and oxygen atoms in total. The first kappa shape index (κ1) is 14.1. The van der Waals surface area contributed by atoms with Crippen molar-refractivity contribution in [2.24, 2.45) is 5.73 Å². The molecule has 0 atom stereocenters. The molecule has 0 saturated heterocycles. The zero-order valence-electron chi connectivity index (χ0n) is 10.6. The first-order valence-electron chi connectivity index (χ1n) is 5.91. The summed E-state index contributed by atoms with van der Waals surface area (Å²) in [6.45, 7) is 0.564. The number of hydrogen-bond donors (Lipinski definition) is 2. The molecule has 0 fully saturated rings. The summed E-state index contributed by atoms with van der Waals surface area (Å²) < 4.78 is 1.13. The predicted octanol–water partition coefficient (Wildman–Crippen LogP) is 1.73. The van der Waals surface area contributed by atoms with Gasteiger partial charge in [0.2, 0.25) is 0 Å². The van der Waals surface area contributed by atoms with Gasteiger partial charge >= 0.3 is 0 Å². The molecule has 0 saturated carbocycles. The summed E-state index contributed by atoms with van der Waals surface area (Å²) in [6.07, 6.45) is 6.62. The highest BCUT2D eigenvalue weighted by atomic mass is 35.5. The standard InChI is InChI=1S/C14H13ClN4O/c1-2-7-19-14(20)13(15)12(9-17-19)18-11-5-3-10(8-16)4-6-11/h1,3-6,9,18H,7-8,16H2. The maximum atomic E-state index is 11.9. The van der Waals surface area contributed by atoms with Crippen LogP contribution in [0.2, 0.25) is 5.02 Å². The van der Waals surface area contributed by atoms with Gasteiger partial charge in [-0.05, 0) is 17.7 Å². The van der Waals surface area contributed by atoms with Crippen molar-refractivity contribution >= 4 is 23.0 Å². The third-order valence-electron chi connectivity index (χ3n) is 2.69. The van der Waals surface area contributed by atoms with Crippen LogP contribution in [0.1, 0.15) is 5.56 Å². The van der Waals surface area contributed by atoms with Crippen LogP contribution in [0.15, 0.2) is 35.3 Å². The van der Waals surface area contributed by atoms with Crippen molar-refractivity contribution < 1.29 is 0 Å². The molecule has 102 valence electrons. The van der Waals surface area contributed by atoms with Gasteiger partial charge in [0.25, 0.3) is 5.56 Å². The second-order valence-corrected chi connectivity index (χ2v) is 4.44. The highest BCUT2D eigenvalue weighted by Gasteiger charge is 2.08. The largest absolute Gasteiger partial charge is 0.353 e. The molecule has 0 radical (unpaired) electrons. The van der Waals surface area contributed by atoms with E-state index in [0.29, 0.717) is 12.2 Å². The monoisotopic (exact) mass is 288 g/mol. The molecule has 3 N–H and O–H groups in total. The lowest BCUT2D eigenvalue weighted by atomic mass is 10.2. The third kappa shape index (κ3) is 2.99. The Morgan fingerprint density at radius 1 is 1.40 bits per heavy atom. The van der Waals surface area contributed by atoms with Crippen molar-refractivity contribution in [3.05, 3.63) is 51.4 Å². The van der Waals surface area contributed by atoms with Crippen LogP contribution in [0.4, 0.5) is 11.4 Å². The number of nitrogens with two attached hydrogens (primary N) is 1. The summed E-state index contributed by atoms with van der Waals surface area (Å²) in [5.41, 5.74) is 7.35. The summed E-state index contributed by atoms with van der Waals surface area (Å²) >= 11 is 6.02. The lowest BCUT2D eigenvalue weighted by Gasteiger charge is -2.09. The number of nitrogens with one attached hydrogen (secondary N) is 1. The summed E-state index contributed by atoms with van der Waals surface area (Å²) in [5, 5.41) is 7.04.